The number of nitrogens with zero attached hydrogens (tertiary/aromatic N) is 4. The molecule has 0 aliphatic carbocycles. The minimum absolute atomic E-state index is 0.253. The monoisotopic (exact) mass is 224 g/mol. The Morgan fingerprint density at radius 2 is 2.31 bits per heavy atom. The van der Waals surface area contributed by atoms with Gasteiger partial charge in [0.05, 0.1) is 12.1 Å². The highest BCUT2D eigenvalue weighted by atomic mass is 16.4. The molecular formula is C9H12N4O3. The van der Waals surface area contributed by atoms with E-state index in [1.54, 1.807) is 7.05 Å². The Kier molecular flexibility index (Phi) is 2.59. The van der Waals surface area contributed by atoms with E-state index in [9.17, 15) is 9.59 Å². The topological polar surface area (TPSA) is 88.3 Å². The zero-order chi connectivity index (χ0) is 11.7. The number of carbonyl (C=O) groups is 2. The molecule has 86 valence electrons. The van der Waals surface area contributed by atoms with E-state index in [-0.39, 0.29) is 18.1 Å². The number of likely N-dealkylation sites (tertiary alicyclic amines) is 1. The maximum Gasteiger partial charge on any atom is 0.308 e. The molecule has 0 unspecified atom stereocenters. The lowest BCUT2D eigenvalue weighted by Crippen LogP contribution is -2.30. The van der Waals surface area contributed by atoms with Crippen molar-refractivity contribution < 1.29 is 14.7 Å². The van der Waals surface area contributed by atoms with Crippen LogP contribution in [0, 0.1) is 5.92 Å². The smallest absolute Gasteiger partial charge is 0.308 e. The second-order valence-electron chi connectivity index (χ2n) is 3.85. The van der Waals surface area contributed by atoms with Gasteiger partial charge in [0.15, 0.2) is 5.69 Å². The Morgan fingerprint density at radius 1 is 1.56 bits per heavy atom. The second kappa shape index (κ2) is 3.92. The van der Waals surface area contributed by atoms with E-state index >= 15 is 0 Å². The molecule has 0 bridgehead atoms. The van der Waals surface area contributed by atoms with Crippen LogP contribution in [0.4, 0.5) is 0 Å². The number of amides is 1. The fourth-order valence-corrected chi connectivity index (χ4v) is 1.75. The third-order valence-corrected chi connectivity index (χ3v) is 2.65. The van der Waals surface area contributed by atoms with Crippen molar-refractivity contribution in [2.24, 2.45) is 13.0 Å². The predicted molar refractivity (Wildman–Crippen MR) is 52.6 cm³/mol. The number of aryl methyl sites for hydroxylation is 1. The first kappa shape index (κ1) is 10.6. The molecule has 2 rings (SSSR count). The van der Waals surface area contributed by atoms with Crippen LogP contribution < -0.4 is 0 Å². The molecule has 1 atom stereocenters. The highest BCUT2D eigenvalue weighted by Crippen LogP contribution is 2.17. The van der Waals surface area contributed by atoms with Crippen molar-refractivity contribution in [2.45, 2.75) is 6.42 Å². The van der Waals surface area contributed by atoms with Crippen LogP contribution in [-0.4, -0.2) is 50.0 Å². The predicted octanol–water partition coefficient (Wildman–Crippen LogP) is -0.638. The first-order chi connectivity index (χ1) is 7.58. The summed E-state index contributed by atoms with van der Waals surface area (Å²) in [4.78, 5) is 24.1. The Bertz CT molecular complexity index is 428. The molecular weight excluding hydrogens is 212 g/mol. The fourth-order valence-electron chi connectivity index (χ4n) is 1.75. The molecule has 7 nitrogen and oxygen atoms in total. The third kappa shape index (κ3) is 1.88. The van der Waals surface area contributed by atoms with Gasteiger partial charge in [-0.05, 0) is 6.42 Å². The van der Waals surface area contributed by atoms with Crippen LogP contribution in [-0.2, 0) is 11.8 Å². The van der Waals surface area contributed by atoms with Crippen molar-refractivity contribution in [2.75, 3.05) is 13.1 Å². The van der Waals surface area contributed by atoms with Crippen molar-refractivity contribution >= 4 is 11.9 Å². The standard InChI is InChI=1S/C9H12N4O3/c1-12-5-7(10-11-12)8(14)13-3-2-6(4-13)9(15)16/h5-6H,2-4H2,1H3,(H,15,16)/t6-/m1/s1. The van der Waals surface area contributed by atoms with E-state index in [1.165, 1.54) is 15.8 Å². The summed E-state index contributed by atoms with van der Waals surface area (Å²) in [5, 5.41) is 16.2. The molecule has 0 aromatic carbocycles. The van der Waals surface area contributed by atoms with Gasteiger partial charge in [-0.3, -0.25) is 14.3 Å². The van der Waals surface area contributed by atoms with Gasteiger partial charge >= 0.3 is 5.97 Å². The fraction of sp³-hybridized carbons (Fsp3) is 0.556. The molecule has 1 aliphatic heterocycles. The van der Waals surface area contributed by atoms with E-state index < -0.39 is 11.9 Å². The summed E-state index contributed by atoms with van der Waals surface area (Å²) in [6.07, 6.45) is 2.03. The minimum Gasteiger partial charge on any atom is -0.481 e. The molecule has 0 saturated carbocycles. The zero-order valence-corrected chi connectivity index (χ0v) is 8.83. The molecule has 1 saturated heterocycles. The first-order valence-corrected chi connectivity index (χ1v) is 4.96. The van der Waals surface area contributed by atoms with Crippen LogP contribution in [0.1, 0.15) is 16.9 Å². The normalized spacial score (nSPS) is 20.1. The van der Waals surface area contributed by atoms with Crippen LogP contribution in [0.15, 0.2) is 6.20 Å². The van der Waals surface area contributed by atoms with Crippen molar-refractivity contribution in [1.29, 1.82) is 0 Å². The number of carboxylic acids is 1. The molecule has 0 radical (unpaired) electrons. The van der Waals surface area contributed by atoms with Gasteiger partial charge in [-0.25, -0.2) is 0 Å². The van der Waals surface area contributed by atoms with Crippen LogP contribution in [0.5, 0.6) is 0 Å². The van der Waals surface area contributed by atoms with E-state index in [4.69, 9.17) is 5.11 Å². The van der Waals surface area contributed by atoms with Gasteiger partial charge in [-0.2, -0.15) is 0 Å². The molecule has 7 heteroatoms. The summed E-state index contributed by atoms with van der Waals surface area (Å²) in [6, 6.07) is 0. The molecule has 1 N–H and O–H groups in total. The molecule has 0 spiro atoms. The molecule has 1 aromatic heterocycles. The maximum atomic E-state index is 11.8. The number of aliphatic carboxylic acids is 1. The van der Waals surface area contributed by atoms with Crippen LogP contribution in [0.3, 0.4) is 0 Å². The second-order valence-corrected chi connectivity index (χ2v) is 3.85. The van der Waals surface area contributed by atoms with Crippen LogP contribution >= 0.6 is 0 Å². The lowest BCUT2D eigenvalue weighted by Gasteiger charge is -2.13. The lowest BCUT2D eigenvalue weighted by molar-refractivity contribution is -0.141. The Hall–Kier alpha value is -1.92. The van der Waals surface area contributed by atoms with Crippen molar-refractivity contribution in [1.82, 2.24) is 19.9 Å². The number of hydrogen-bond acceptors (Lipinski definition) is 4. The van der Waals surface area contributed by atoms with Gasteiger partial charge < -0.3 is 10.0 Å². The van der Waals surface area contributed by atoms with Crippen molar-refractivity contribution in [3.05, 3.63) is 11.9 Å². The lowest BCUT2D eigenvalue weighted by atomic mass is 10.1. The molecule has 1 amide bonds. The van der Waals surface area contributed by atoms with Crippen molar-refractivity contribution in [3.8, 4) is 0 Å². The highest BCUT2D eigenvalue weighted by Gasteiger charge is 2.32. The molecule has 16 heavy (non-hydrogen) atoms. The largest absolute Gasteiger partial charge is 0.481 e. The molecule has 1 aromatic rings. The van der Waals surface area contributed by atoms with Gasteiger partial charge in [0.25, 0.3) is 5.91 Å². The zero-order valence-electron chi connectivity index (χ0n) is 8.83. The van der Waals surface area contributed by atoms with Gasteiger partial charge in [0, 0.05) is 20.1 Å². The van der Waals surface area contributed by atoms with E-state index in [0.29, 0.717) is 13.0 Å². The number of aromatic nitrogens is 3. The Labute approximate surface area is 91.7 Å². The van der Waals surface area contributed by atoms with Gasteiger partial charge in [-0.1, -0.05) is 5.21 Å². The van der Waals surface area contributed by atoms with Gasteiger partial charge in [0.1, 0.15) is 0 Å². The number of hydrogen-bond donors (Lipinski definition) is 1. The van der Waals surface area contributed by atoms with Crippen LogP contribution in [0.25, 0.3) is 0 Å². The number of carbonyl (C=O) groups excluding carboxylic acids is 1. The summed E-state index contributed by atoms with van der Waals surface area (Å²) in [5.74, 6) is -1.56. The van der Waals surface area contributed by atoms with Crippen molar-refractivity contribution in [3.63, 3.8) is 0 Å². The summed E-state index contributed by atoms with van der Waals surface area (Å²) in [7, 11) is 1.67. The molecule has 2 heterocycles. The van der Waals surface area contributed by atoms with E-state index in [0.717, 1.165) is 0 Å². The summed E-state index contributed by atoms with van der Waals surface area (Å²) in [5.41, 5.74) is 0.258. The SMILES string of the molecule is Cn1cc(C(=O)N2CC[C@@H](C(=O)O)C2)nn1. The summed E-state index contributed by atoms with van der Waals surface area (Å²) >= 11 is 0. The molecule has 1 aliphatic rings. The number of rotatable bonds is 2. The van der Waals surface area contributed by atoms with Gasteiger partial charge in [-0.15, -0.1) is 5.10 Å². The minimum atomic E-state index is -0.852. The third-order valence-electron chi connectivity index (χ3n) is 2.65. The average Bonchev–Trinajstić information content (AvgIpc) is 2.84. The summed E-state index contributed by atoms with van der Waals surface area (Å²) < 4.78 is 1.44. The van der Waals surface area contributed by atoms with Gasteiger partial charge in [0.2, 0.25) is 0 Å². The highest BCUT2D eigenvalue weighted by molar-refractivity contribution is 5.92. The molecule has 1 fully saturated rings. The van der Waals surface area contributed by atoms with E-state index in [1.807, 2.05) is 0 Å². The van der Waals surface area contributed by atoms with Crippen LogP contribution in [0.2, 0.25) is 0 Å². The first-order valence-electron chi connectivity index (χ1n) is 4.96. The quantitative estimate of drug-likeness (QED) is 0.722. The Morgan fingerprint density at radius 3 is 2.81 bits per heavy atom. The maximum absolute atomic E-state index is 11.8. The average molecular weight is 224 g/mol. The van der Waals surface area contributed by atoms with E-state index in [2.05, 4.69) is 10.3 Å². The summed E-state index contributed by atoms with van der Waals surface area (Å²) in [6.45, 7) is 0.719. The Balaban J connectivity index is 2.05. The number of carboxylic acid groups (broad SMARTS) is 1.